The van der Waals surface area contributed by atoms with E-state index in [1.165, 1.54) is 0 Å². The van der Waals surface area contributed by atoms with Crippen LogP contribution in [-0.2, 0) is 0 Å². The van der Waals surface area contributed by atoms with Crippen molar-refractivity contribution >= 4 is 11.8 Å². The Hall–Kier alpha value is -2.57. The van der Waals surface area contributed by atoms with Gasteiger partial charge < -0.3 is 20.9 Å². The van der Waals surface area contributed by atoms with Crippen molar-refractivity contribution in [2.75, 3.05) is 11.5 Å². The van der Waals surface area contributed by atoms with Gasteiger partial charge in [0.15, 0.2) is 17.3 Å². The van der Waals surface area contributed by atoms with Crippen molar-refractivity contribution in [1.29, 1.82) is 0 Å². The largest absolute Gasteiger partial charge is 0.451 e. The number of aromatic nitrogens is 3. The molecule has 0 saturated heterocycles. The van der Waals surface area contributed by atoms with Crippen molar-refractivity contribution in [2.24, 2.45) is 0 Å². The molecule has 2 heterocycles. The summed E-state index contributed by atoms with van der Waals surface area (Å²) in [6.45, 7) is 1.82. The fraction of sp³-hybridized carbons (Fsp3) is 0.182. The van der Waals surface area contributed by atoms with Gasteiger partial charge in [0, 0.05) is 12.5 Å². The lowest BCUT2D eigenvalue weighted by molar-refractivity contribution is 0.0679. The number of anilines is 2. The molecule has 7 nitrogen and oxygen atoms in total. The fourth-order valence-electron chi connectivity index (χ4n) is 1.78. The second-order valence-corrected chi connectivity index (χ2v) is 3.87. The highest BCUT2D eigenvalue weighted by atomic mass is 16.7. The first-order chi connectivity index (χ1) is 8.63. The minimum absolute atomic E-state index is 0.0469. The minimum atomic E-state index is -0.289. The quantitative estimate of drug-likeness (QED) is 0.765. The number of fused-ring (bicyclic) bond motifs is 1. The number of nitrogens with zero attached hydrogens (tertiary/aromatic N) is 3. The Kier molecular flexibility index (Phi) is 2.19. The van der Waals surface area contributed by atoms with Crippen LogP contribution in [0.1, 0.15) is 6.92 Å². The first kappa shape index (κ1) is 10.6. The van der Waals surface area contributed by atoms with Crippen LogP contribution in [0.2, 0.25) is 0 Å². The summed E-state index contributed by atoms with van der Waals surface area (Å²) in [5, 5.41) is 7.62. The van der Waals surface area contributed by atoms with Gasteiger partial charge in [-0.25, -0.2) is 0 Å². The van der Waals surface area contributed by atoms with Gasteiger partial charge >= 0.3 is 0 Å². The van der Waals surface area contributed by atoms with Gasteiger partial charge in [-0.15, -0.1) is 10.2 Å². The molecule has 1 aliphatic heterocycles. The van der Waals surface area contributed by atoms with Crippen LogP contribution in [0, 0.1) is 0 Å². The van der Waals surface area contributed by atoms with E-state index in [0.29, 0.717) is 17.2 Å². The molecule has 0 radical (unpaired) electrons. The Morgan fingerprint density at radius 3 is 2.67 bits per heavy atom. The number of rotatable bonds is 1. The van der Waals surface area contributed by atoms with Gasteiger partial charge in [0.05, 0.1) is 0 Å². The third-order valence-electron chi connectivity index (χ3n) is 2.53. The number of ether oxygens (including phenoxy) is 2. The van der Waals surface area contributed by atoms with E-state index in [2.05, 4.69) is 15.2 Å². The lowest BCUT2D eigenvalue weighted by Gasteiger charge is -2.04. The number of hydrogen-bond acceptors (Lipinski definition) is 7. The van der Waals surface area contributed by atoms with Gasteiger partial charge in [0.25, 0.3) is 0 Å². The van der Waals surface area contributed by atoms with Gasteiger partial charge in [-0.3, -0.25) is 0 Å². The van der Waals surface area contributed by atoms with E-state index in [4.69, 9.17) is 20.9 Å². The second-order valence-electron chi connectivity index (χ2n) is 3.87. The van der Waals surface area contributed by atoms with E-state index >= 15 is 0 Å². The van der Waals surface area contributed by atoms with Gasteiger partial charge in [-0.2, -0.15) is 4.98 Å². The molecular formula is C11H11N5O2. The maximum absolute atomic E-state index is 5.76. The third kappa shape index (κ3) is 1.65. The summed E-state index contributed by atoms with van der Waals surface area (Å²) >= 11 is 0. The highest BCUT2D eigenvalue weighted by Crippen LogP contribution is 2.38. The van der Waals surface area contributed by atoms with E-state index in [1.807, 2.05) is 13.0 Å². The number of nitrogens with two attached hydrogens (primary N) is 2. The van der Waals surface area contributed by atoms with E-state index in [9.17, 15) is 0 Å². The van der Waals surface area contributed by atoms with Crippen molar-refractivity contribution in [3.8, 4) is 22.8 Å². The Labute approximate surface area is 103 Å². The van der Waals surface area contributed by atoms with E-state index in [1.54, 1.807) is 12.1 Å². The van der Waals surface area contributed by atoms with Crippen LogP contribution in [0.25, 0.3) is 11.3 Å². The summed E-state index contributed by atoms with van der Waals surface area (Å²) in [6.07, 6.45) is -0.289. The Morgan fingerprint density at radius 2 is 1.89 bits per heavy atom. The van der Waals surface area contributed by atoms with Gasteiger partial charge in [-0.1, -0.05) is 0 Å². The first-order valence-electron chi connectivity index (χ1n) is 5.37. The molecule has 0 aliphatic carbocycles. The Morgan fingerprint density at radius 1 is 1.11 bits per heavy atom. The number of benzene rings is 1. The number of hydrogen-bond donors (Lipinski definition) is 2. The third-order valence-corrected chi connectivity index (χ3v) is 2.53. The molecule has 0 fully saturated rings. The van der Waals surface area contributed by atoms with E-state index in [0.717, 1.165) is 5.56 Å². The van der Waals surface area contributed by atoms with Crippen LogP contribution >= 0.6 is 0 Å². The van der Waals surface area contributed by atoms with Gasteiger partial charge in [0.1, 0.15) is 5.69 Å². The normalized spacial score (nSPS) is 16.8. The molecule has 1 aromatic carbocycles. The lowest BCUT2D eigenvalue weighted by Crippen LogP contribution is -2.11. The molecule has 1 atom stereocenters. The smallest absolute Gasteiger partial charge is 0.242 e. The van der Waals surface area contributed by atoms with Crippen LogP contribution in [0.4, 0.5) is 11.8 Å². The monoisotopic (exact) mass is 245 g/mol. The summed E-state index contributed by atoms with van der Waals surface area (Å²) in [7, 11) is 0. The molecule has 0 spiro atoms. The summed E-state index contributed by atoms with van der Waals surface area (Å²) in [4.78, 5) is 3.87. The summed E-state index contributed by atoms with van der Waals surface area (Å²) < 4.78 is 10.9. The predicted molar refractivity (Wildman–Crippen MR) is 64.8 cm³/mol. The molecule has 0 bridgehead atoms. The summed E-state index contributed by atoms with van der Waals surface area (Å²) in [5.74, 6) is 1.62. The molecule has 1 aromatic heterocycles. The van der Waals surface area contributed by atoms with E-state index in [-0.39, 0.29) is 18.1 Å². The van der Waals surface area contributed by atoms with Crippen molar-refractivity contribution in [1.82, 2.24) is 15.2 Å². The van der Waals surface area contributed by atoms with Crippen LogP contribution in [0.5, 0.6) is 11.5 Å². The zero-order chi connectivity index (χ0) is 12.7. The molecule has 1 unspecified atom stereocenters. The summed E-state index contributed by atoms with van der Waals surface area (Å²) in [6, 6.07) is 5.40. The second kappa shape index (κ2) is 3.73. The van der Waals surface area contributed by atoms with Crippen molar-refractivity contribution in [3.63, 3.8) is 0 Å². The molecule has 0 saturated carbocycles. The average molecular weight is 245 g/mol. The number of nitrogen functional groups attached to an aromatic ring is 2. The predicted octanol–water partition coefficient (Wildman–Crippen LogP) is 0.820. The zero-order valence-corrected chi connectivity index (χ0v) is 9.62. The highest BCUT2D eigenvalue weighted by molar-refractivity contribution is 5.72. The Bertz CT molecular complexity index is 616. The van der Waals surface area contributed by atoms with Crippen LogP contribution in [0.15, 0.2) is 18.2 Å². The molecule has 92 valence electrons. The topological polar surface area (TPSA) is 109 Å². The molecule has 3 rings (SSSR count). The van der Waals surface area contributed by atoms with E-state index < -0.39 is 0 Å². The standard InChI is InChI=1S/C11H11N5O2/c1-5-17-7-3-2-6(4-8(7)18-5)9-10(12)14-11(13)16-15-9/h2-5H,1H3,(H4,12,13,14,16). The van der Waals surface area contributed by atoms with Crippen LogP contribution < -0.4 is 20.9 Å². The van der Waals surface area contributed by atoms with Crippen molar-refractivity contribution in [2.45, 2.75) is 13.2 Å². The summed E-state index contributed by atoms with van der Waals surface area (Å²) in [5.41, 5.74) is 12.4. The molecule has 7 heteroatoms. The molecule has 4 N–H and O–H groups in total. The molecule has 0 amide bonds. The molecule has 1 aliphatic rings. The highest BCUT2D eigenvalue weighted by Gasteiger charge is 2.21. The van der Waals surface area contributed by atoms with Gasteiger partial charge in [-0.05, 0) is 18.2 Å². The lowest BCUT2D eigenvalue weighted by atomic mass is 10.1. The van der Waals surface area contributed by atoms with Crippen LogP contribution in [-0.4, -0.2) is 21.5 Å². The molecular weight excluding hydrogens is 234 g/mol. The molecule has 18 heavy (non-hydrogen) atoms. The zero-order valence-electron chi connectivity index (χ0n) is 9.62. The van der Waals surface area contributed by atoms with Gasteiger partial charge in [0.2, 0.25) is 12.2 Å². The first-order valence-corrected chi connectivity index (χ1v) is 5.37. The molecule has 2 aromatic rings. The van der Waals surface area contributed by atoms with Crippen molar-refractivity contribution in [3.05, 3.63) is 18.2 Å². The average Bonchev–Trinajstić information content (AvgIpc) is 2.68. The Balaban J connectivity index is 2.05. The SMILES string of the molecule is CC1Oc2ccc(-c3nnc(N)nc3N)cc2O1. The maximum Gasteiger partial charge on any atom is 0.242 e. The maximum atomic E-state index is 5.76. The fourth-order valence-corrected chi connectivity index (χ4v) is 1.78. The van der Waals surface area contributed by atoms with Crippen molar-refractivity contribution < 1.29 is 9.47 Å². The minimum Gasteiger partial charge on any atom is -0.451 e. The van der Waals surface area contributed by atoms with Crippen LogP contribution in [0.3, 0.4) is 0 Å².